The number of nitrogens with one attached hydrogen (secondary N) is 3. The van der Waals surface area contributed by atoms with E-state index in [9.17, 15) is 24.3 Å². The lowest BCUT2D eigenvalue weighted by atomic mass is 9.91. The fraction of sp³-hybridized carbons (Fsp3) is 0.448. The van der Waals surface area contributed by atoms with Crippen molar-refractivity contribution in [1.29, 1.82) is 0 Å². The molecule has 4 N–H and O–H groups in total. The average molecular weight is 1060 g/mol. The number of hydrogen-bond donors (Lipinski definition) is 4. The lowest BCUT2D eigenvalue weighted by molar-refractivity contribution is -0.141. The molecule has 3 amide bonds. The molecule has 4 atom stereocenters. The summed E-state index contributed by atoms with van der Waals surface area (Å²) in [7, 11) is 0. The van der Waals surface area contributed by atoms with Gasteiger partial charge >= 0.3 is 0 Å². The van der Waals surface area contributed by atoms with Crippen LogP contribution in [-0.2, 0) is 25.6 Å². The molecule has 3 aromatic heterocycles. The van der Waals surface area contributed by atoms with Gasteiger partial charge in [0.25, 0.3) is 17.3 Å². The zero-order valence-corrected chi connectivity index (χ0v) is 45.6. The van der Waals surface area contributed by atoms with Crippen LogP contribution in [0.3, 0.4) is 0 Å². The van der Waals surface area contributed by atoms with Crippen LogP contribution in [0.1, 0.15) is 109 Å². The summed E-state index contributed by atoms with van der Waals surface area (Å²) in [5.41, 5.74) is 10.9. The maximum Gasteiger partial charge on any atom is 0.254 e. The first-order valence-electron chi connectivity index (χ1n) is 26.3. The van der Waals surface area contributed by atoms with Crippen molar-refractivity contribution in [2.75, 3.05) is 57.6 Å². The van der Waals surface area contributed by atoms with Gasteiger partial charge in [-0.05, 0) is 129 Å². The van der Waals surface area contributed by atoms with Crippen LogP contribution in [0.5, 0.6) is 11.6 Å². The first kappa shape index (κ1) is 55.4. The van der Waals surface area contributed by atoms with Crippen LogP contribution in [0.25, 0.3) is 21.6 Å². The van der Waals surface area contributed by atoms with E-state index in [0.29, 0.717) is 42.5 Å². The minimum Gasteiger partial charge on any atom is -0.491 e. The summed E-state index contributed by atoms with van der Waals surface area (Å²) in [4.78, 5) is 66.8. The molecule has 2 fully saturated rings. The quantitative estimate of drug-likeness (QED) is 0.0472. The topological polar surface area (TPSA) is 211 Å². The zero-order valence-electron chi connectivity index (χ0n) is 44.8. The summed E-state index contributed by atoms with van der Waals surface area (Å²) in [6.45, 7) is 18.8. The molecule has 5 heterocycles. The summed E-state index contributed by atoms with van der Waals surface area (Å²) in [5.74, 6) is -0.765. The van der Waals surface area contributed by atoms with Crippen molar-refractivity contribution in [3.05, 3.63) is 134 Å². The van der Waals surface area contributed by atoms with Gasteiger partial charge < -0.3 is 54.0 Å². The molecule has 0 saturated carbocycles. The average Bonchev–Trinajstić information content (AvgIpc) is 4.17. The number of nitrogens with zero attached hydrogens (tertiary/aromatic N) is 4. The predicted octanol–water partition coefficient (Wildman–Crippen LogP) is 8.38. The molecular formula is C58H71N7O10S. The predicted molar refractivity (Wildman–Crippen MR) is 292 cm³/mol. The van der Waals surface area contributed by atoms with Gasteiger partial charge in [0.2, 0.25) is 11.8 Å². The van der Waals surface area contributed by atoms with Crippen LogP contribution in [0.4, 0.5) is 5.69 Å². The number of benzene rings is 3. The first-order valence-corrected chi connectivity index (χ1v) is 27.1. The van der Waals surface area contributed by atoms with Crippen molar-refractivity contribution in [1.82, 2.24) is 30.7 Å². The van der Waals surface area contributed by atoms with E-state index in [1.165, 1.54) is 4.90 Å². The molecule has 404 valence electrons. The van der Waals surface area contributed by atoms with Crippen molar-refractivity contribution in [3.63, 3.8) is 0 Å². The van der Waals surface area contributed by atoms with E-state index in [1.54, 1.807) is 17.4 Å². The number of carbonyl (C=O) groups is 3. The molecule has 2 aliphatic rings. The van der Waals surface area contributed by atoms with Gasteiger partial charge in [-0.15, -0.1) is 11.3 Å². The molecule has 17 nitrogen and oxygen atoms in total. The summed E-state index contributed by atoms with van der Waals surface area (Å²) in [5, 5.41) is 20.9. The molecule has 2 aliphatic heterocycles. The number of ether oxygens (including phenoxy) is 4. The molecule has 6 aromatic rings. The fourth-order valence-electron chi connectivity index (χ4n) is 10.3. The second kappa shape index (κ2) is 25.3. The lowest BCUT2D eigenvalue weighted by Gasteiger charge is -2.37. The highest BCUT2D eigenvalue weighted by molar-refractivity contribution is 7.13. The Hall–Kier alpha value is -6.86. The summed E-state index contributed by atoms with van der Waals surface area (Å²) in [6, 6.07) is 22.4. The molecule has 3 aromatic carbocycles. The number of aliphatic hydroxyl groups is 1. The number of anilines is 1. The van der Waals surface area contributed by atoms with Crippen molar-refractivity contribution >= 4 is 34.7 Å². The van der Waals surface area contributed by atoms with Crippen LogP contribution in [0, 0.1) is 33.6 Å². The van der Waals surface area contributed by atoms with E-state index < -0.39 is 18.1 Å². The number of aliphatic hydroxyl groups excluding tert-OH is 1. The Labute approximate surface area is 448 Å². The zero-order chi connectivity index (χ0) is 54.0. The van der Waals surface area contributed by atoms with Crippen LogP contribution in [0.2, 0.25) is 0 Å². The minimum atomic E-state index is -0.859. The maximum absolute atomic E-state index is 14.2. The van der Waals surface area contributed by atoms with E-state index in [-0.39, 0.29) is 86.5 Å². The van der Waals surface area contributed by atoms with E-state index >= 15 is 0 Å². The summed E-state index contributed by atoms with van der Waals surface area (Å²) < 4.78 is 29.0. The van der Waals surface area contributed by atoms with Crippen molar-refractivity contribution in [2.24, 2.45) is 5.92 Å². The summed E-state index contributed by atoms with van der Waals surface area (Å²) >= 11 is 1.58. The number of amides is 3. The molecule has 2 saturated heterocycles. The molecule has 1 unspecified atom stereocenters. The third-order valence-electron chi connectivity index (χ3n) is 14.4. The van der Waals surface area contributed by atoms with Gasteiger partial charge in [0.15, 0.2) is 5.76 Å². The molecule has 76 heavy (non-hydrogen) atoms. The smallest absolute Gasteiger partial charge is 0.254 e. The molecule has 0 aliphatic carbocycles. The van der Waals surface area contributed by atoms with Crippen LogP contribution in [-0.4, -0.2) is 114 Å². The van der Waals surface area contributed by atoms with Gasteiger partial charge in [-0.1, -0.05) is 50.2 Å². The second-order valence-electron chi connectivity index (χ2n) is 20.1. The normalized spacial score (nSPS) is 16.6. The highest BCUT2D eigenvalue weighted by Gasteiger charge is 2.43. The number of β-amino-alcohol motifs (C(OH)–C–C–N with tert-alkyl or cyclic N) is 1. The number of aryl methyl sites for hydroxylation is 3. The van der Waals surface area contributed by atoms with Gasteiger partial charge in [0.1, 0.15) is 30.9 Å². The number of aromatic nitrogens is 3. The number of pyridine rings is 1. The van der Waals surface area contributed by atoms with Crippen LogP contribution in [0.15, 0.2) is 87.6 Å². The SMILES string of the molecule is CCN(c1cc(-c2ccc(OCCOCCOc3cc(C(C(=O)N4C[C@H](O)C[C@H]4C(=O)N[C@@H](C)c4ccc(-c5scnc5C)cc4)C(C)C)on3)cc2)cc(C(=O)NCc2c(C)cc(C)[nH]c2=O)c1C)C1CCOCC1. The van der Waals surface area contributed by atoms with Crippen molar-refractivity contribution < 1.29 is 43.0 Å². The number of rotatable bonds is 22. The molecule has 0 spiro atoms. The Kier molecular flexibility index (Phi) is 18.4. The van der Waals surface area contributed by atoms with E-state index in [2.05, 4.69) is 43.6 Å². The Morgan fingerprint density at radius 2 is 1.62 bits per heavy atom. The number of carbonyl (C=O) groups excluding carboxylic acids is 3. The highest BCUT2D eigenvalue weighted by Crippen LogP contribution is 2.36. The molecule has 18 heteroatoms. The van der Waals surface area contributed by atoms with Gasteiger partial charge in [-0.25, -0.2) is 4.98 Å². The van der Waals surface area contributed by atoms with Crippen molar-refractivity contribution in [3.8, 4) is 33.2 Å². The summed E-state index contributed by atoms with van der Waals surface area (Å²) in [6.07, 6.45) is 1.06. The third kappa shape index (κ3) is 13.2. The number of hydrogen-bond acceptors (Lipinski definition) is 14. The van der Waals surface area contributed by atoms with Crippen LogP contribution >= 0.6 is 11.3 Å². The van der Waals surface area contributed by atoms with E-state index in [4.69, 9.17) is 23.5 Å². The fourth-order valence-corrected chi connectivity index (χ4v) is 11.1. The number of aromatic amines is 1. The number of thiazole rings is 1. The molecular weight excluding hydrogens is 987 g/mol. The van der Waals surface area contributed by atoms with E-state index in [1.807, 2.05) is 115 Å². The Morgan fingerprint density at radius 3 is 2.29 bits per heavy atom. The molecule has 0 bridgehead atoms. The highest BCUT2D eigenvalue weighted by atomic mass is 32.1. The maximum atomic E-state index is 14.2. The number of likely N-dealkylation sites (tertiary alicyclic amines) is 1. The van der Waals surface area contributed by atoms with Gasteiger partial charge in [0, 0.05) is 73.9 Å². The van der Waals surface area contributed by atoms with Gasteiger partial charge in [-0.3, -0.25) is 19.2 Å². The van der Waals surface area contributed by atoms with Crippen LogP contribution < -0.4 is 30.6 Å². The Bertz CT molecular complexity index is 3000. The standard InChI is InChI=1S/C58H71N7O10S/c1-9-64(44-18-20-71-21-19-44)49-28-43(27-47(37(49)6)55(67)59-31-48-35(4)26-36(5)61-56(48)68)41-14-16-46(17-15-41)73-24-22-72-23-25-74-52-30-51(75-63-52)53(34(2)3)58(70)65-32-45(66)29-50(65)57(69)62-38(7)40-10-12-42(13-11-40)54-39(8)60-33-76-54/h10-17,26-28,30,33-34,38,44-45,50,53,66H,9,18-25,29,31-32H2,1-8H3,(H,59,67)(H,61,68)(H,62,69)/t38-,45+,50-,53?/m0/s1. The first-order chi connectivity index (χ1) is 36.6. The van der Waals surface area contributed by atoms with Gasteiger partial charge in [0.05, 0.1) is 41.4 Å². The Balaban J connectivity index is 0.822. The number of H-pyrrole nitrogens is 1. The minimum absolute atomic E-state index is 0.0228. The largest absolute Gasteiger partial charge is 0.491 e. The third-order valence-corrected chi connectivity index (χ3v) is 15.4. The monoisotopic (exact) mass is 1060 g/mol. The van der Waals surface area contributed by atoms with E-state index in [0.717, 1.165) is 74.7 Å². The van der Waals surface area contributed by atoms with Gasteiger partial charge in [-0.2, -0.15) is 0 Å². The lowest BCUT2D eigenvalue weighted by Crippen LogP contribution is -2.48. The molecule has 8 rings (SSSR count). The molecule has 0 radical (unpaired) electrons. The Morgan fingerprint density at radius 1 is 0.908 bits per heavy atom. The van der Waals surface area contributed by atoms with Crippen molar-refractivity contribution in [2.45, 2.75) is 111 Å². The second-order valence-corrected chi connectivity index (χ2v) is 20.9.